The first-order valence-corrected chi connectivity index (χ1v) is 6.69. The van der Waals surface area contributed by atoms with Gasteiger partial charge in [-0.25, -0.2) is 4.79 Å². The summed E-state index contributed by atoms with van der Waals surface area (Å²) in [4.78, 5) is 11.7. The standard InChI is InChI=1S/C14H20ClNO3/c1-10(2)6-7-18-8-9-19-14(17)11-4-3-5-12(15)13(11)16/h3-5,10H,6-9,16H2,1-2H3. The third-order valence-electron chi connectivity index (χ3n) is 2.57. The highest BCUT2D eigenvalue weighted by Gasteiger charge is 2.12. The largest absolute Gasteiger partial charge is 0.460 e. The molecule has 0 aliphatic rings. The highest BCUT2D eigenvalue weighted by atomic mass is 35.5. The van der Waals surface area contributed by atoms with Gasteiger partial charge in [0.05, 0.1) is 22.9 Å². The summed E-state index contributed by atoms with van der Waals surface area (Å²) in [7, 11) is 0. The van der Waals surface area contributed by atoms with E-state index in [1.165, 1.54) is 0 Å². The fourth-order valence-corrected chi connectivity index (χ4v) is 1.58. The first kappa shape index (κ1) is 15.8. The van der Waals surface area contributed by atoms with Crippen molar-refractivity contribution in [3.63, 3.8) is 0 Å². The molecule has 0 fully saturated rings. The van der Waals surface area contributed by atoms with Crippen LogP contribution in [0.1, 0.15) is 30.6 Å². The molecule has 0 aromatic heterocycles. The molecular weight excluding hydrogens is 266 g/mol. The Hall–Kier alpha value is -1.26. The normalized spacial score (nSPS) is 10.7. The van der Waals surface area contributed by atoms with E-state index in [-0.39, 0.29) is 17.9 Å². The second kappa shape index (κ2) is 8.02. The summed E-state index contributed by atoms with van der Waals surface area (Å²) in [6.07, 6.45) is 0.995. The third kappa shape index (κ3) is 5.49. The molecule has 106 valence electrons. The number of hydrogen-bond acceptors (Lipinski definition) is 4. The molecule has 0 saturated carbocycles. The maximum absolute atomic E-state index is 11.7. The van der Waals surface area contributed by atoms with Crippen LogP contribution in [-0.4, -0.2) is 25.8 Å². The summed E-state index contributed by atoms with van der Waals surface area (Å²) in [5.41, 5.74) is 6.24. The van der Waals surface area contributed by atoms with Gasteiger partial charge in [-0.2, -0.15) is 0 Å². The minimum absolute atomic E-state index is 0.211. The second-order valence-electron chi connectivity index (χ2n) is 4.63. The van der Waals surface area contributed by atoms with Crippen molar-refractivity contribution in [2.45, 2.75) is 20.3 Å². The number of carbonyl (C=O) groups is 1. The molecule has 1 rings (SSSR count). The molecule has 0 saturated heterocycles. The van der Waals surface area contributed by atoms with Crippen molar-refractivity contribution in [2.24, 2.45) is 5.92 Å². The van der Waals surface area contributed by atoms with Gasteiger partial charge >= 0.3 is 5.97 Å². The summed E-state index contributed by atoms with van der Waals surface area (Å²) in [6, 6.07) is 4.88. The Kier molecular flexibility index (Phi) is 6.67. The van der Waals surface area contributed by atoms with Crippen LogP contribution in [0.2, 0.25) is 5.02 Å². The number of anilines is 1. The number of benzene rings is 1. The summed E-state index contributed by atoms with van der Waals surface area (Å²) < 4.78 is 10.4. The molecule has 19 heavy (non-hydrogen) atoms. The lowest BCUT2D eigenvalue weighted by molar-refractivity contribution is 0.0304. The van der Waals surface area contributed by atoms with Gasteiger partial charge in [0.25, 0.3) is 0 Å². The lowest BCUT2D eigenvalue weighted by atomic mass is 10.1. The van der Waals surface area contributed by atoms with Gasteiger partial charge in [-0.05, 0) is 24.5 Å². The predicted octanol–water partition coefficient (Wildman–Crippen LogP) is 3.14. The van der Waals surface area contributed by atoms with Crippen molar-refractivity contribution in [3.8, 4) is 0 Å². The van der Waals surface area contributed by atoms with Crippen LogP contribution in [0.3, 0.4) is 0 Å². The van der Waals surface area contributed by atoms with Gasteiger partial charge in [0, 0.05) is 6.61 Å². The van der Waals surface area contributed by atoms with Crippen LogP contribution in [0, 0.1) is 5.92 Å². The Bertz CT molecular complexity index is 421. The van der Waals surface area contributed by atoms with Gasteiger partial charge in [-0.15, -0.1) is 0 Å². The zero-order valence-electron chi connectivity index (χ0n) is 11.3. The fourth-order valence-electron chi connectivity index (χ4n) is 1.41. The molecule has 1 aromatic rings. The Morgan fingerprint density at radius 1 is 1.32 bits per heavy atom. The van der Waals surface area contributed by atoms with E-state index >= 15 is 0 Å². The summed E-state index contributed by atoms with van der Waals surface area (Å²) in [5, 5.41) is 0.350. The van der Waals surface area contributed by atoms with Crippen LogP contribution in [0.25, 0.3) is 0 Å². The molecule has 0 unspecified atom stereocenters. The van der Waals surface area contributed by atoms with E-state index in [0.29, 0.717) is 24.2 Å². The van der Waals surface area contributed by atoms with Crippen molar-refractivity contribution in [1.29, 1.82) is 0 Å². The van der Waals surface area contributed by atoms with Gasteiger partial charge < -0.3 is 15.2 Å². The van der Waals surface area contributed by atoms with E-state index in [9.17, 15) is 4.79 Å². The zero-order valence-corrected chi connectivity index (χ0v) is 12.1. The number of ether oxygens (including phenoxy) is 2. The Labute approximate surface area is 118 Å². The molecular formula is C14H20ClNO3. The van der Waals surface area contributed by atoms with E-state index in [4.69, 9.17) is 26.8 Å². The van der Waals surface area contributed by atoms with Gasteiger partial charge in [0.2, 0.25) is 0 Å². The van der Waals surface area contributed by atoms with E-state index in [1.54, 1.807) is 18.2 Å². The predicted molar refractivity (Wildman–Crippen MR) is 76.4 cm³/mol. The van der Waals surface area contributed by atoms with Crippen LogP contribution in [0.5, 0.6) is 0 Å². The van der Waals surface area contributed by atoms with E-state index in [2.05, 4.69) is 13.8 Å². The molecule has 5 heteroatoms. The number of nitrogen functional groups attached to an aromatic ring is 1. The van der Waals surface area contributed by atoms with E-state index in [1.807, 2.05) is 0 Å². The summed E-state index contributed by atoms with van der Waals surface area (Å²) >= 11 is 5.83. The Morgan fingerprint density at radius 2 is 2.05 bits per heavy atom. The van der Waals surface area contributed by atoms with Gasteiger partial charge in [0.1, 0.15) is 6.61 Å². The van der Waals surface area contributed by atoms with Crippen molar-refractivity contribution in [2.75, 3.05) is 25.6 Å². The van der Waals surface area contributed by atoms with E-state index in [0.717, 1.165) is 6.42 Å². The minimum atomic E-state index is -0.479. The number of esters is 1. The number of nitrogens with two attached hydrogens (primary N) is 1. The topological polar surface area (TPSA) is 61.5 Å². The smallest absolute Gasteiger partial charge is 0.340 e. The molecule has 0 atom stereocenters. The van der Waals surface area contributed by atoms with Crippen LogP contribution < -0.4 is 5.73 Å². The molecule has 0 aliphatic carbocycles. The quantitative estimate of drug-likeness (QED) is 0.475. The van der Waals surface area contributed by atoms with Crippen molar-refractivity contribution in [3.05, 3.63) is 28.8 Å². The molecule has 0 spiro atoms. The number of halogens is 1. The summed E-state index contributed by atoms with van der Waals surface area (Å²) in [6.45, 7) is 5.53. The van der Waals surface area contributed by atoms with Crippen molar-refractivity contribution in [1.82, 2.24) is 0 Å². The molecule has 1 aromatic carbocycles. The zero-order chi connectivity index (χ0) is 14.3. The summed E-state index contributed by atoms with van der Waals surface area (Å²) in [5.74, 6) is 0.126. The monoisotopic (exact) mass is 285 g/mol. The van der Waals surface area contributed by atoms with Gasteiger partial charge in [-0.1, -0.05) is 31.5 Å². The molecule has 0 bridgehead atoms. The number of hydrogen-bond donors (Lipinski definition) is 1. The number of rotatable bonds is 7. The fraction of sp³-hybridized carbons (Fsp3) is 0.500. The van der Waals surface area contributed by atoms with Crippen molar-refractivity contribution < 1.29 is 14.3 Å². The first-order chi connectivity index (χ1) is 9.02. The Morgan fingerprint density at radius 3 is 2.74 bits per heavy atom. The van der Waals surface area contributed by atoms with Gasteiger partial charge in [0.15, 0.2) is 0 Å². The molecule has 0 radical (unpaired) electrons. The first-order valence-electron chi connectivity index (χ1n) is 6.31. The maximum Gasteiger partial charge on any atom is 0.340 e. The van der Waals surface area contributed by atoms with Crippen LogP contribution in [0.15, 0.2) is 18.2 Å². The van der Waals surface area contributed by atoms with E-state index < -0.39 is 5.97 Å². The third-order valence-corrected chi connectivity index (χ3v) is 2.90. The Balaban J connectivity index is 2.30. The molecule has 0 heterocycles. The minimum Gasteiger partial charge on any atom is -0.460 e. The van der Waals surface area contributed by atoms with Crippen LogP contribution >= 0.6 is 11.6 Å². The van der Waals surface area contributed by atoms with Crippen molar-refractivity contribution >= 4 is 23.3 Å². The molecule has 0 amide bonds. The molecule has 2 N–H and O–H groups in total. The molecule has 4 nitrogen and oxygen atoms in total. The average molecular weight is 286 g/mol. The van der Waals surface area contributed by atoms with Gasteiger partial charge in [-0.3, -0.25) is 0 Å². The number of para-hydroxylation sites is 1. The van der Waals surface area contributed by atoms with Crippen LogP contribution in [-0.2, 0) is 9.47 Å². The lowest BCUT2D eigenvalue weighted by Gasteiger charge is -2.09. The SMILES string of the molecule is CC(C)CCOCCOC(=O)c1cccc(Cl)c1N. The average Bonchev–Trinajstić information content (AvgIpc) is 2.36. The second-order valence-corrected chi connectivity index (χ2v) is 5.04. The maximum atomic E-state index is 11.7. The lowest BCUT2D eigenvalue weighted by Crippen LogP contribution is -2.13. The number of carbonyl (C=O) groups excluding carboxylic acids is 1. The van der Waals surface area contributed by atoms with Crippen LogP contribution in [0.4, 0.5) is 5.69 Å². The highest BCUT2D eigenvalue weighted by molar-refractivity contribution is 6.33. The highest BCUT2D eigenvalue weighted by Crippen LogP contribution is 2.22. The molecule has 0 aliphatic heterocycles.